The van der Waals surface area contributed by atoms with Gasteiger partial charge in [-0.05, 0) is 29.6 Å². The van der Waals surface area contributed by atoms with Gasteiger partial charge >= 0.3 is 0 Å². The van der Waals surface area contributed by atoms with E-state index in [0.717, 1.165) is 0 Å². The summed E-state index contributed by atoms with van der Waals surface area (Å²) in [7, 11) is 2.03. The molecule has 0 aliphatic heterocycles. The fraction of sp³-hybridized carbons (Fsp3) is 0.875. The fourth-order valence-electron chi connectivity index (χ4n) is 0.854. The first-order valence-electron chi connectivity index (χ1n) is 3.91. The molecule has 0 unspecified atom stereocenters. The van der Waals surface area contributed by atoms with Crippen molar-refractivity contribution < 1.29 is 0 Å². The Bertz CT molecular complexity index is 76.6. The molecule has 0 amide bonds. The van der Waals surface area contributed by atoms with Gasteiger partial charge in [0.2, 0.25) is 0 Å². The second-order valence-electron chi connectivity index (χ2n) is 2.77. The van der Waals surface area contributed by atoms with E-state index in [-0.39, 0.29) is 0 Å². The lowest BCUT2D eigenvalue weighted by atomic mass is 10.1. The van der Waals surface area contributed by atoms with Crippen molar-refractivity contribution in [1.82, 2.24) is 0 Å². The van der Waals surface area contributed by atoms with Gasteiger partial charge in [0.25, 0.3) is 0 Å². The fourth-order valence-corrected chi connectivity index (χ4v) is 1.10. The van der Waals surface area contributed by atoms with Gasteiger partial charge in [0, 0.05) is 0 Å². The highest BCUT2D eigenvalue weighted by Gasteiger charge is 1.86. The molecule has 0 radical (unpaired) electrons. The minimum absolute atomic E-state index is 1.35. The summed E-state index contributed by atoms with van der Waals surface area (Å²) in [5.74, 6) is 0. The summed E-state index contributed by atoms with van der Waals surface area (Å²) >= 11 is 0. The molecule has 0 rings (SSSR count). The Morgan fingerprint density at radius 3 is 2.33 bits per heavy atom. The van der Waals surface area contributed by atoms with E-state index < -0.39 is 0 Å². The summed E-state index contributed by atoms with van der Waals surface area (Å²) in [5, 5.41) is 1.60. The summed E-state index contributed by atoms with van der Waals surface area (Å²) in [6, 6.07) is 0. The highest BCUT2D eigenvalue weighted by atomic mass is 28.1. The van der Waals surface area contributed by atoms with E-state index in [1.165, 1.54) is 32.1 Å². The topological polar surface area (TPSA) is 0 Å². The van der Waals surface area contributed by atoms with E-state index in [9.17, 15) is 0 Å². The predicted octanol–water partition coefficient (Wildman–Crippen LogP) is 1.78. The van der Waals surface area contributed by atoms with Crippen molar-refractivity contribution >= 4 is 15.0 Å². The third-order valence-electron chi connectivity index (χ3n) is 1.46. The molecule has 0 spiro atoms. The van der Waals surface area contributed by atoms with E-state index in [4.69, 9.17) is 0 Å². The zero-order valence-corrected chi connectivity index (χ0v) is 8.16. The highest BCUT2D eigenvalue weighted by Crippen LogP contribution is 2.01. The van der Waals surface area contributed by atoms with Crippen LogP contribution < -0.4 is 0 Å². The summed E-state index contributed by atoms with van der Waals surface area (Å²) in [4.78, 5) is 0. The molecular formula is C8H18Si. The Morgan fingerprint density at radius 2 is 1.89 bits per heavy atom. The molecule has 0 nitrogen and oxygen atoms in total. The molecule has 0 atom stereocenters. The third kappa shape index (κ3) is 8.09. The lowest BCUT2D eigenvalue weighted by molar-refractivity contribution is 0.684. The van der Waals surface area contributed by atoms with Gasteiger partial charge in [-0.25, -0.2) is 0 Å². The van der Waals surface area contributed by atoms with Crippen molar-refractivity contribution in [2.75, 3.05) is 0 Å². The summed E-state index contributed by atoms with van der Waals surface area (Å²) in [6.07, 6.45) is 6.94. The molecule has 0 bridgehead atoms. The average molecular weight is 142 g/mol. The van der Waals surface area contributed by atoms with E-state index in [1.54, 1.807) is 5.17 Å². The van der Waals surface area contributed by atoms with Crippen molar-refractivity contribution in [2.24, 2.45) is 0 Å². The van der Waals surface area contributed by atoms with Crippen LogP contribution in [-0.4, -0.2) is 15.0 Å². The molecule has 0 saturated carbocycles. The Morgan fingerprint density at radius 1 is 1.22 bits per heavy atom. The summed E-state index contributed by atoms with van der Waals surface area (Å²) in [5.41, 5.74) is 0. The summed E-state index contributed by atoms with van der Waals surface area (Å²) < 4.78 is 0. The minimum atomic E-state index is 1.35. The molecule has 0 aromatic heterocycles. The van der Waals surface area contributed by atoms with Gasteiger partial charge in [-0.2, -0.15) is 0 Å². The molecule has 54 valence electrons. The van der Waals surface area contributed by atoms with Crippen LogP contribution in [0.5, 0.6) is 0 Å². The number of rotatable bonds is 5. The molecular weight excluding hydrogens is 124 g/mol. The molecule has 0 fully saturated rings. The Hall–Kier alpha value is 0.0869. The smallest absolute Gasteiger partial charge is 0.0249 e. The van der Waals surface area contributed by atoms with Crippen molar-refractivity contribution in [3.63, 3.8) is 0 Å². The maximum atomic E-state index is 2.25. The zero-order chi connectivity index (χ0) is 7.11. The second-order valence-corrected chi connectivity index (χ2v) is 3.97. The van der Waals surface area contributed by atoms with Crippen molar-refractivity contribution in [2.45, 2.75) is 46.0 Å². The first-order valence-corrected chi connectivity index (χ1v) is 4.62. The van der Waals surface area contributed by atoms with Gasteiger partial charge in [-0.15, -0.1) is 0 Å². The van der Waals surface area contributed by atoms with E-state index in [2.05, 4.69) is 13.8 Å². The molecule has 0 aromatic rings. The van der Waals surface area contributed by atoms with E-state index >= 15 is 0 Å². The molecule has 0 heterocycles. The molecule has 0 aliphatic carbocycles. The van der Waals surface area contributed by atoms with Gasteiger partial charge in [0.1, 0.15) is 0 Å². The van der Waals surface area contributed by atoms with Gasteiger partial charge in [0.15, 0.2) is 0 Å². The maximum Gasteiger partial charge on any atom is -0.0249 e. The first-order chi connectivity index (χ1) is 4.27. The van der Waals surface area contributed by atoms with Crippen LogP contribution >= 0.6 is 0 Å². The molecule has 0 N–H and O–H groups in total. The van der Waals surface area contributed by atoms with Gasteiger partial charge in [0.05, 0.1) is 0 Å². The van der Waals surface area contributed by atoms with Gasteiger partial charge < -0.3 is 0 Å². The third-order valence-corrected chi connectivity index (χ3v) is 1.81. The summed E-state index contributed by atoms with van der Waals surface area (Å²) in [6.45, 7) is 4.48. The van der Waals surface area contributed by atoms with Crippen molar-refractivity contribution in [1.29, 1.82) is 0 Å². The van der Waals surface area contributed by atoms with Crippen LogP contribution in [0.25, 0.3) is 0 Å². The molecule has 9 heavy (non-hydrogen) atoms. The van der Waals surface area contributed by atoms with E-state index in [0.29, 0.717) is 0 Å². The van der Waals surface area contributed by atoms with Gasteiger partial charge in [-0.1, -0.05) is 31.4 Å². The average Bonchev–Trinajstić information content (AvgIpc) is 1.80. The van der Waals surface area contributed by atoms with Crippen LogP contribution in [0.3, 0.4) is 0 Å². The Labute approximate surface area is 61.7 Å². The largest absolute Gasteiger partial charge is 0.0989 e. The van der Waals surface area contributed by atoms with Crippen LogP contribution in [0.2, 0.25) is 0 Å². The Balaban J connectivity index is 2.83. The lowest BCUT2D eigenvalue weighted by Gasteiger charge is -1.97. The zero-order valence-electron chi connectivity index (χ0n) is 6.74. The quantitative estimate of drug-likeness (QED) is 0.405. The van der Waals surface area contributed by atoms with Crippen molar-refractivity contribution in [3.8, 4) is 0 Å². The second kappa shape index (κ2) is 6.21. The minimum Gasteiger partial charge on any atom is -0.0989 e. The highest BCUT2D eigenvalue weighted by molar-refractivity contribution is 6.37. The van der Waals surface area contributed by atoms with Crippen LogP contribution in [0.1, 0.15) is 46.0 Å². The predicted molar refractivity (Wildman–Crippen MR) is 48.0 cm³/mol. The normalized spacial score (nSPS) is 9.56. The lowest BCUT2D eigenvalue weighted by Crippen LogP contribution is -1.89. The molecule has 0 aromatic carbocycles. The Kier molecular flexibility index (Phi) is 6.27. The van der Waals surface area contributed by atoms with Crippen molar-refractivity contribution in [3.05, 3.63) is 0 Å². The first kappa shape index (κ1) is 9.09. The molecule has 0 saturated heterocycles. The van der Waals surface area contributed by atoms with E-state index in [1.807, 2.05) is 9.85 Å². The molecule has 1 heteroatoms. The molecule has 0 aliphatic rings. The SMILES string of the molecule is CCCCCCC(C)=[SiH2]. The number of hydrogen-bond acceptors (Lipinski definition) is 0. The van der Waals surface area contributed by atoms with Crippen LogP contribution in [0.15, 0.2) is 0 Å². The van der Waals surface area contributed by atoms with Crippen LogP contribution in [-0.2, 0) is 0 Å². The maximum absolute atomic E-state index is 2.25. The number of hydrogen-bond donors (Lipinski definition) is 0. The van der Waals surface area contributed by atoms with Crippen LogP contribution in [0.4, 0.5) is 0 Å². The number of unbranched alkanes of at least 4 members (excludes halogenated alkanes) is 3. The van der Waals surface area contributed by atoms with Gasteiger partial charge in [-0.3, -0.25) is 0 Å². The monoisotopic (exact) mass is 142 g/mol. The van der Waals surface area contributed by atoms with Crippen LogP contribution in [0, 0.1) is 0 Å². The standard InChI is InChI=1S/C8H18Si/c1-3-4-5-6-7-8(2)9/h3-7,9H2,1-2H3.